The van der Waals surface area contributed by atoms with Gasteiger partial charge in [-0.15, -0.1) is 15.3 Å². The predicted octanol–water partition coefficient (Wildman–Crippen LogP) is 2.94. The van der Waals surface area contributed by atoms with E-state index in [4.69, 9.17) is 4.74 Å². The number of nitrogens with one attached hydrogen (secondary N) is 1. The van der Waals surface area contributed by atoms with Crippen molar-refractivity contribution < 1.29 is 17.9 Å². The van der Waals surface area contributed by atoms with Crippen molar-refractivity contribution in [3.8, 4) is 5.75 Å². The van der Waals surface area contributed by atoms with E-state index < -0.39 is 11.7 Å². The molecular formula is C15H14F3N5O. The van der Waals surface area contributed by atoms with Crippen LogP contribution < -0.4 is 10.1 Å². The van der Waals surface area contributed by atoms with Crippen LogP contribution in [0.4, 0.5) is 19.0 Å². The molecule has 0 aliphatic heterocycles. The minimum Gasteiger partial charge on any atom is -0.491 e. The lowest BCUT2D eigenvalue weighted by Crippen LogP contribution is -2.15. The summed E-state index contributed by atoms with van der Waals surface area (Å²) in [5, 5.41) is 15.1. The molecule has 0 aliphatic rings. The van der Waals surface area contributed by atoms with Gasteiger partial charge < -0.3 is 10.1 Å². The molecule has 3 aromatic rings. The predicted molar refractivity (Wildman–Crippen MR) is 80.9 cm³/mol. The second kappa shape index (κ2) is 6.34. The van der Waals surface area contributed by atoms with E-state index in [1.165, 1.54) is 18.2 Å². The second-order valence-corrected chi connectivity index (χ2v) is 5.00. The van der Waals surface area contributed by atoms with E-state index in [-0.39, 0.29) is 12.4 Å². The van der Waals surface area contributed by atoms with E-state index in [1.807, 2.05) is 0 Å². The molecule has 2 heterocycles. The van der Waals surface area contributed by atoms with E-state index in [9.17, 15) is 13.2 Å². The lowest BCUT2D eigenvalue weighted by atomic mass is 10.2. The minimum absolute atomic E-state index is 0.0635. The van der Waals surface area contributed by atoms with Crippen molar-refractivity contribution >= 4 is 11.5 Å². The van der Waals surface area contributed by atoms with Crippen LogP contribution in [0.25, 0.3) is 5.65 Å². The average Bonchev–Trinajstić information content (AvgIpc) is 2.92. The summed E-state index contributed by atoms with van der Waals surface area (Å²) < 4.78 is 45.4. The van der Waals surface area contributed by atoms with Gasteiger partial charge in [-0.1, -0.05) is 12.1 Å². The maximum Gasteiger partial charge on any atom is 0.419 e. The van der Waals surface area contributed by atoms with Crippen LogP contribution in [0, 0.1) is 6.92 Å². The van der Waals surface area contributed by atoms with Gasteiger partial charge in [-0.3, -0.25) is 0 Å². The number of nitrogens with zero attached hydrogens (tertiary/aromatic N) is 4. The zero-order chi connectivity index (χ0) is 17.2. The first-order chi connectivity index (χ1) is 11.4. The first-order valence-corrected chi connectivity index (χ1v) is 7.17. The van der Waals surface area contributed by atoms with Crippen molar-refractivity contribution in [3.05, 3.63) is 47.8 Å². The lowest BCUT2D eigenvalue weighted by molar-refractivity contribution is -0.138. The van der Waals surface area contributed by atoms with E-state index in [2.05, 4.69) is 20.6 Å². The summed E-state index contributed by atoms with van der Waals surface area (Å²) in [5.74, 6) is 1.01. The zero-order valence-corrected chi connectivity index (χ0v) is 12.7. The number of anilines is 1. The molecule has 24 heavy (non-hydrogen) atoms. The van der Waals surface area contributed by atoms with Crippen molar-refractivity contribution in [1.29, 1.82) is 0 Å². The van der Waals surface area contributed by atoms with Gasteiger partial charge in [0, 0.05) is 0 Å². The summed E-state index contributed by atoms with van der Waals surface area (Å²) in [4.78, 5) is 0. The SMILES string of the molecule is Cc1nnc2ccc(NCCOc3ccccc3C(F)(F)F)nn12. The highest BCUT2D eigenvalue weighted by atomic mass is 19.4. The Kier molecular flexibility index (Phi) is 4.24. The molecule has 0 fully saturated rings. The molecule has 0 unspecified atom stereocenters. The second-order valence-electron chi connectivity index (χ2n) is 5.00. The number of para-hydroxylation sites is 1. The number of rotatable bonds is 5. The molecule has 2 aromatic heterocycles. The van der Waals surface area contributed by atoms with Crippen molar-refractivity contribution in [3.63, 3.8) is 0 Å². The number of halogens is 3. The fraction of sp³-hybridized carbons (Fsp3) is 0.267. The van der Waals surface area contributed by atoms with Crippen LogP contribution in [0.2, 0.25) is 0 Å². The van der Waals surface area contributed by atoms with Crippen LogP contribution in [0.1, 0.15) is 11.4 Å². The van der Waals surface area contributed by atoms with Gasteiger partial charge in [0.25, 0.3) is 0 Å². The fourth-order valence-electron chi connectivity index (χ4n) is 2.16. The lowest BCUT2D eigenvalue weighted by Gasteiger charge is -2.14. The molecule has 6 nitrogen and oxygen atoms in total. The molecule has 0 spiro atoms. The summed E-state index contributed by atoms with van der Waals surface area (Å²) in [7, 11) is 0. The number of aromatic nitrogens is 4. The topological polar surface area (TPSA) is 64.3 Å². The monoisotopic (exact) mass is 337 g/mol. The Morgan fingerprint density at radius 1 is 1.12 bits per heavy atom. The number of hydrogen-bond donors (Lipinski definition) is 1. The Balaban J connectivity index is 1.60. The van der Waals surface area contributed by atoms with Gasteiger partial charge in [0.2, 0.25) is 0 Å². The number of aryl methyl sites for hydroxylation is 1. The van der Waals surface area contributed by atoms with Gasteiger partial charge in [0.15, 0.2) is 11.5 Å². The molecule has 0 saturated heterocycles. The third-order valence-corrected chi connectivity index (χ3v) is 3.28. The Hall–Kier alpha value is -2.84. The summed E-state index contributed by atoms with van der Waals surface area (Å²) in [6, 6.07) is 8.58. The van der Waals surface area contributed by atoms with Crippen LogP contribution in [0.5, 0.6) is 5.75 Å². The normalized spacial score (nSPS) is 11.7. The van der Waals surface area contributed by atoms with Crippen LogP contribution >= 0.6 is 0 Å². The van der Waals surface area contributed by atoms with Gasteiger partial charge in [-0.2, -0.15) is 17.7 Å². The maximum absolute atomic E-state index is 12.9. The Bertz CT molecular complexity index is 846. The largest absolute Gasteiger partial charge is 0.491 e. The first-order valence-electron chi connectivity index (χ1n) is 7.17. The molecule has 1 N–H and O–H groups in total. The third kappa shape index (κ3) is 3.39. The maximum atomic E-state index is 12.9. The molecule has 0 aliphatic carbocycles. The van der Waals surface area contributed by atoms with Crippen LogP contribution in [-0.2, 0) is 6.18 Å². The van der Waals surface area contributed by atoms with Crippen molar-refractivity contribution in [1.82, 2.24) is 19.8 Å². The zero-order valence-electron chi connectivity index (χ0n) is 12.7. The van der Waals surface area contributed by atoms with Crippen LogP contribution in [0.15, 0.2) is 36.4 Å². The molecule has 1 aromatic carbocycles. The highest BCUT2D eigenvalue weighted by molar-refractivity contribution is 5.43. The first kappa shape index (κ1) is 16.0. The highest BCUT2D eigenvalue weighted by Gasteiger charge is 2.33. The van der Waals surface area contributed by atoms with E-state index in [1.54, 1.807) is 23.6 Å². The van der Waals surface area contributed by atoms with Crippen molar-refractivity contribution in [2.45, 2.75) is 13.1 Å². The molecule has 0 saturated carbocycles. The molecule has 3 rings (SSSR count). The molecule has 0 atom stereocenters. The van der Waals surface area contributed by atoms with Crippen molar-refractivity contribution in [2.24, 2.45) is 0 Å². The van der Waals surface area contributed by atoms with Crippen molar-refractivity contribution in [2.75, 3.05) is 18.5 Å². The summed E-state index contributed by atoms with van der Waals surface area (Å²) in [5.41, 5.74) is -0.168. The quantitative estimate of drug-likeness (QED) is 0.725. The fourth-order valence-corrected chi connectivity index (χ4v) is 2.16. The van der Waals surface area contributed by atoms with E-state index >= 15 is 0 Å². The highest BCUT2D eigenvalue weighted by Crippen LogP contribution is 2.35. The van der Waals surface area contributed by atoms with E-state index in [0.29, 0.717) is 23.8 Å². The Morgan fingerprint density at radius 3 is 2.71 bits per heavy atom. The van der Waals surface area contributed by atoms with Gasteiger partial charge in [0.1, 0.15) is 18.2 Å². The smallest absolute Gasteiger partial charge is 0.419 e. The van der Waals surface area contributed by atoms with Crippen LogP contribution in [0.3, 0.4) is 0 Å². The molecule has 0 amide bonds. The van der Waals surface area contributed by atoms with Crippen LogP contribution in [-0.4, -0.2) is 33.0 Å². The standard InChI is InChI=1S/C15H14F3N5O/c1-10-20-21-14-7-6-13(22-23(10)14)19-8-9-24-12-5-3-2-4-11(12)15(16,17)18/h2-7H,8-9H2,1H3,(H,19,22). The summed E-state index contributed by atoms with van der Waals surface area (Å²) >= 11 is 0. The number of fused-ring (bicyclic) bond motifs is 1. The number of ether oxygens (including phenoxy) is 1. The van der Waals surface area contributed by atoms with Gasteiger partial charge in [-0.25, -0.2) is 0 Å². The number of hydrogen-bond acceptors (Lipinski definition) is 5. The summed E-state index contributed by atoms with van der Waals surface area (Å²) in [6.45, 7) is 2.13. The Labute approximate surface area is 135 Å². The van der Waals surface area contributed by atoms with Gasteiger partial charge in [-0.05, 0) is 31.2 Å². The molecule has 9 heteroatoms. The van der Waals surface area contributed by atoms with Gasteiger partial charge in [0.05, 0.1) is 12.1 Å². The van der Waals surface area contributed by atoms with Gasteiger partial charge >= 0.3 is 6.18 Å². The summed E-state index contributed by atoms with van der Waals surface area (Å²) in [6.07, 6.45) is -4.44. The van der Waals surface area contributed by atoms with E-state index in [0.717, 1.165) is 6.07 Å². The average molecular weight is 337 g/mol. The number of benzene rings is 1. The molecule has 126 valence electrons. The third-order valence-electron chi connectivity index (χ3n) is 3.28. The molecule has 0 radical (unpaired) electrons. The molecule has 0 bridgehead atoms. The Morgan fingerprint density at radius 2 is 1.92 bits per heavy atom. The molecular weight excluding hydrogens is 323 g/mol. The minimum atomic E-state index is -4.44. The number of alkyl halides is 3.